The molecule has 4 rings (SSSR count). The molecule has 0 aliphatic heterocycles. The lowest BCUT2D eigenvalue weighted by Crippen LogP contribution is -2.32. The molecule has 0 radical (unpaired) electrons. The van der Waals surface area contributed by atoms with E-state index in [1.54, 1.807) is 37.6 Å². The topological polar surface area (TPSA) is 89.5 Å². The van der Waals surface area contributed by atoms with Gasteiger partial charge in [0, 0.05) is 12.6 Å². The Morgan fingerprint density at radius 3 is 2.61 bits per heavy atom. The zero-order valence-corrected chi connectivity index (χ0v) is 19.3. The number of ether oxygens (including phenoxy) is 1. The van der Waals surface area contributed by atoms with Crippen LogP contribution in [0.15, 0.2) is 71.8 Å². The van der Waals surface area contributed by atoms with Crippen LogP contribution in [0, 0.1) is 5.82 Å². The third kappa shape index (κ3) is 5.35. The molecule has 2 aromatic heterocycles. The zero-order chi connectivity index (χ0) is 23.4. The molecule has 4 aromatic rings. The maximum Gasteiger partial charge on any atom is 0.230 e. The maximum absolute atomic E-state index is 13.2. The minimum atomic E-state index is -3.76. The lowest BCUT2D eigenvalue weighted by Gasteiger charge is -2.19. The van der Waals surface area contributed by atoms with E-state index in [4.69, 9.17) is 4.74 Å². The molecule has 0 N–H and O–H groups in total. The van der Waals surface area contributed by atoms with Crippen molar-refractivity contribution in [1.29, 1.82) is 0 Å². The van der Waals surface area contributed by atoms with Crippen LogP contribution in [0.4, 0.5) is 9.52 Å². The van der Waals surface area contributed by atoms with Crippen LogP contribution in [0.5, 0.6) is 5.75 Å². The molecule has 7 nitrogen and oxygen atoms in total. The van der Waals surface area contributed by atoms with Crippen LogP contribution in [0.2, 0.25) is 0 Å². The highest BCUT2D eigenvalue weighted by Crippen LogP contribution is 2.32. The Bertz CT molecular complexity index is 1370. The van der Waals surface area contributed by atoms with E-state index in [0.717, 1.165) is 16.8 Å². The number of aromatic nitrogens is 2. The van der Waals surface area contributed by atoms with Gasteiger partial charge in [-0.3, -0.25) is 14.7 Å². The molecule has 0 aliphatic carbocycles. The molecule has 2 aromatic carbocycles. The van der Waals surface area contributed by atoms with Crippen LogP contribution in [0.3, 0.4) is 0 Å². The van der Waals surface area contributed by atoms with Crippen molar-refractivity contribution in [1.82, 2.24) is 9.97 Å². The highest BCUT2D eigenvalue weighted by Gasteiger charge is 2.24. The van der Waals surface area contributed by atoms with Gasteiger partial charge in [0.15, 0.2) is 15.0 Å². The highest BCUT2D eigenvalue weighted by molar-refractivity contribution is 7.91. The van der Waals surface area contributed by atoms with Gasteiger partial charge < -0.3 is 4.74 Å². The summed E-state index contributed by atoms with van der Waals surface area (Å²) >= 11 is 1.31. The third-order valence-electron chi connectivity index (χ3n) is 4.92. The number of fused-ring (bicyclic) bond motifs is 1. The molecule has 0 aliphatic rings. The lowest BCUT2D eigenvalue weighted by atomic mass is 10.3. The summed E-state index contributed by atoms with van der Waals surface area (Å²) in [5, 5.41) is 0.438. The SMILES string of the molecule is COc1ccc2nc(N(Cc3ccccn3)C(=O)CCS(=O)(=O)c3ccc(F)cc3)sc2c1. The molecule has 0 saturated heterocycles. The number of sulfone groups is 1. The largest absolute Gasteiger partial charge is 0.497 e. The summed E-state index contributed by atoms with van der Waals surface area (Å²) < 4.78 is 44.5. The van der Waals surface area contributed by atoms with E-state index in [1.165, 1.54) is 28.4 Å². The fourth-order valence-electron chi connectivity index (χ4n) is 3.17. The number of carbonyl (C=O) groups is 1. The summed E-state index contributed by atoms with van der Waals surface area (Å²) in [6.45, 7) is 0.146. The Morgan fingerprint density at radius 1 is 1.12 bits per heavy atom. The van der Waals surface area contributed by atoms with Gasteiger partial charge in [-0.15, -0.1) is 0 Å². The smallest absolute Gasteiger partial charge is 0.230 e. The van der Waals surface area contributed by atoms with Crippen molar-refractivity contribution in [2.24, 2.45) is 0 Å². The third-order valence-corrected chi connectivity index (χ3v) is 7.69. The first-order valence-corrected chi connectivity index (χ1v) is 12.5. The van der Waals surface area contributed by atoms with Crippen molar-refractivity contribution in [3.05, 3.63) is 78.4 Å². The number of hydrogen-bond acceptors (Lipinski definition) is 7. The number of halogens is 1. The minimum absolute atomic E-state index is 0.0277. The Hall–Kier alpha value is -3.37. The maximum atomic E-state index is 13.2. The van der Waals surface area contributed by atoms with Gasteiger partial charge in [0.1, 0.15) is 11.6 Å². The van der Waals surface area contributed by atoms with Crippen molar-refractivity contribution in [2.75, 3.05) is 17.8 Å². The Morgan fingerprint density at radius 2 is 1.91 bits per heavy atom. The molecule has 0 bridgehead atoms. The number of rotatable bonds is 8. The molecule has 1 amide bonds. The summed E-state index contributed by atoms with van der Waals surface area (Å²) in [7, 11) is -2.19. The number of anilines is 1. The van der Waals surface area contributed by atoms with Crippen molar-refractivity contribution < 1.29 is 22.3 Å². The fraction of sp³-hybridized carbons (Fsp3) is 0.174. The van der Waals surface area contributed by atoms with Gasteiger partial charge in [0.2, 0.25) is 5.91 Å². The van der Waals surface area contributed by atoms with Gasteiger partial charge in [-0.05, 0) is 54.6 Å². The Labute approximate surface area is 194 Å². The lowest BCUT2D eigenvalue weighted by molar-refractivity contribution is -0.118. The van der Waals surface area contributed by atoms with E-state index in [0.29, 0.717) is 22.1 Å². The Kier molecular flexibility index (Phi) is 6.66. The Balaban J connectivity index is 1.60. The van der Waals surface area contributed by atoms with Gasteiger partial charge in [-0.1, -0.05) is 17.4 Å². The van der Waals surface area contributed by atoms with Gasteiger partial charge in [-0.25, -0.2) is 17.8 Å². The number of methoxy groups -OCH3 is 1. The monoisotopic (exact) mass is 485 g/mol. The number of carbonyl (C=O) groups excluding carboxylic acids is 1. The number of nitrogens with zero attached hydrogens (tertiary/aromatic N) is 3. The molecule has 33 heavy (non-hydrogen) atoms. The van der Waals surface area contributed by atoms with Crippen LogP contribution < -0.4 is 9.64 Å². The molecular weight excluding hydrogens is 465 g/mol. The van der Waals surface area contributed by atoms with Gasteiger partial charge in [0.25, 0.3) is 0 Å². The molecule has 10 heteroatoms. The van der Waals surface area contributed by atoms with Crippen LogP contribution in [0.1, 0.15) is 12.1 Å². The highest BCUT2D eigenvalue weighted by atomic mass is 32.2. The first-order chi connectivity index (χ1) is 15.9. The minimum Gasteiger partial charge on any atom is -0.497 e. The van der Waals surface area contributed by atoms with E-state index < -0.39 is 27.3 Å². The number of amides is 1. The van der Waals surface area contributed by atoms with Crippen molar-refractivity contribution >= 4 is 42.4 Å². The molecule has 0 fully saturated rings. The predicted octanol–water partition coefficient (Wildman–Crippen LogP) is 4.24. The summed E-state index contributed by atoms with van der Waals surface area (Å²) in [5.41, 5.74) is 1.35. The average Bonchev–Trinajstić information content (AvgIpc) is 3.25. The summed E-state index contributed by atoms with van der Waals surface area (Å²) in [6, 6.07) is 15.3. The summed E-state index contributed by atoms with van der Waals surface area (Å²) in [5.74, 6) is -0.670. The number of pyridine rings is 1. The van der Waals surface area contributed by atoms with Gasteiger partial charge in [0.05, 0.1) is 40.2 Å². The van der Waals surface area contributed by atoms with Gasteiger partial charge in [-0.2, -0.15) is 0 Å². The second-order valence-corrected chi connectivity index (χ2v) is 10.3. The average molecular weight is 486 g/mol. The van der Waals surface area contributed by atoms with E-state index in [9.17, 15) is 17.6 Å². The fourth-order valence-corrected chi connectivity index (χ4v) is 5.41. The molecular formula is C23H20FN3O4S2. The number of hydrogen-bond donors (Lipinski definition) is 0. The normalized spacial score (nSPS) is 11.5. The first kappa shape index (κ1) is 22.8. The van der Waals surface area contributed by atoms with Crippen molar-refractivity contribution in [3.8, 4) is 5.75 Å². The number of thiazole rings is 1. The molecule has 2 heterocycles. The molecule has 0 unspecified atom stereocenters. The predicted molar refractivity (Wildman–Crippen MR) is 125 cm³/mol. The van der Waals surface area contributed by atoms with Crippen LogP contribution in [0.25, 0.3) is 10.2 Å². The summed E-state index contributed by atoms with van der Waals surface area (Å²) in [6.07, 6.45) is 1.37. The van der Waals surface area contributed by atoms with E-state index in [1.807, 2.05) is 12.1 Å². The first-order valence-electron chi connectivity index (χ1n) is 9.99. The van der Waals surface area contributed by atoms with Crippen molar-refractivity contribution in [2.45, 2.75) is 17.9 Å². The summed E-state index contributed by atoms with van der Waals surface area (Å²) in [4.78, 5) is 23.5. The van der Waals surface area contributed by atoms with E-state index in [2.05, 4.69) is 9.97 Å². The molecule has 0 spiro atoms. The quantitative estimate of drug-likeness (QED) is 0.347. The van der Waals surface area contributed by atoms with E-state index in [-0.39, 0.29) is 17.9 Å². The standard InChI is InChI=1S/C23H20FN3O4S2/c1-31-18-7-10-20-21(14-18)32-23(26-20)27(15-17-4-2-3-12-25-17)22(28)11-13-33(29,30)19-8-5-16(24)6-9-19/h2-10,12,14H,11,13,15H2,1H3. The van der Waals surface area contributed by atoms with Gasteiger partial charge >= 0.3 is 0 Å². The van der Waals surface area contributed by atoms with Crippen LogP contribution in [-0.4, -0.2) is 37.2 Å². The second-order valence-electron chi connectivity index (χ2n) is 7.15. The van der Waals surface area contributed by atoms with Crippen molar-refractivity contribution in [3.63, 3.8) is 0 Å². The number of benzene rings is 2. The van der Waals surface area contributed by atoms with Crippen LogP contribution >= 0.6 is 11.3 Å². The second kappa shape index (κ2) is 9.63. The zero-order valence-electron chi connectivity index (χ0n) is 17.6. The molecule has 0 saturated carbocycles. The molecule has 170 valence electrons. The van der Waals surface area contributed by atoms with Crippen LogP contribution in [-0.2, 0) is 21.2 Å². The molecule has 0 atom stereocenters. The van der Waals surface area contributed by atoms with E-state index >= 15 is 0 Å².